The van der Waals surface area contributed by atoms with Gasteiger partial charge in [0.2, 0.25) is 0 Å². The maximum atomic E-state index is 11.9. The van der Waals surface area contributed by atoms with Gasteiger partial charge in [0.25, 0.3) is 0 Å². The van der Waals surface area contributed by atoms with Gasteiger partial charge in [-0.1, -0.05) is 6.42 Å². The highest BCUT2D eigenvalue weighted by Gasteiger charge is 2.31. The fraction of sp³-hybridized carbons (Fsp3) is 0.941. The van der Waals surface area contributed by atoms with Crippen molar-refractivity contribution in [2.75, 3.05) is 6.26 Å². The van der Waals surface area contributed by atoms with Gasteiger partial charge in [-0.25, -0.2) is 4.79 Å². The molecule has 4 nitrogen and oxygen atoms in total. The molecule has 5 heteroatoms. The Balaban J connectivity index is 1.78. The molecule has 128 valence electrons. The van der Waals surface area contributed by atoms with Gasteiger partial charge in [0.1, 0.15) is 5.60 Å². The SMILES string of the molecule is CSC1CCCC1NC1CCCC(NC(=O)OC(C)(C)C)C1. The van der Waals surface area contributed by atoms with Gasteiger partial charge in [-0.2, -0.15) is 11.8 Å². The van der Waals surface area contributed by atoms with Crippen molar-refractivity contribution in [3.8, 4) is 0 Å². The Morgan fingerprint density at radius 2 is 1.77 bits per heavy atom. The Labute approximate surface area is 139 Å². The van der Waals surface area contributed by atoms with E-state index in [9.17, 15) is 4.79 Å². The normalized spacial score (nSPS) is 32.7. The lowest BCUT2D eigenvalue weighted by Crippen LogP contribution is -2.49. The molecule has 0 aliphatic heterocycles. The number of alkyl carbamates (subject to hydrolysis) is 1. The van der Waals surface area contributed by atoms with E-state index in [1.807, 2.05) is 32.5 Å². The quantitative estimate of drug-likeness (QED) is 0.826. The first kappa shape index (κ1) is 17.9. The molecule has 0 heterocycles. The summed E-state index contributed by atoms with van der Waals surface area (Å²) in [5.41, 5.74) is -0.425. The van der Waals surface area contributed by atoms with Crippen molar-refractivity contribution in [3.63, 3.8) is 0 Å². The molecule has 0 radical (unpaired) electrons. The zero-order chi connectivity index (χ0) is 16.2. The number of hydrogen-bond donors (Lipinski definition) is 2. The van der Waals surface area contributed by atoms with E-state index in [2.05, 4.69) is 16.9 Å². The van der Waals surface area contributed by atoms with Gasteiger partial charge in [0.05, 0.1) is 0 Å². The fourth-order valence-electron chi connectivity index (χ4n) is 3.65. The smallest absolute Gasteiger partial charge is 0.407 e. The van der Waals surface area contributed by atoms with E-state index in [0.717, 1.165) is 18.1 Å². The third-order valence-corrected chi connectivity index (χ3v) is 5.77. The third-order valence-electron chi connectivity index (χ3n) is 4.60. The van der Waals surface area contributed by atoms with Crippen molar-refractivity contribution in [1.82, 2.24) is 10.6 Å². The molecule has 4 unspecified atom stereocenters. The predicted molar refractivity (Wildman–Crippen MR) is 93.5 cm³/mol. The number of hydrogen-bond acceptors (Lipinski definition) is 4. The van der Waals surface area contributed by atoms with Crippen LogP contribution in [0.1, 0.15) is 65.7 Å². The van der Waals surface area contributed by atoms with Gasteiger partial charge < -0.3 is 15.4 Å². The first-order valence-corrected chi connectivity index (χ1v) is 9.94. The van der Waals surface area contributed by atoms with Gasteiger partial charge in [-0.3, -0.25) is 0 Å². The van der Waals surface area contributed by atoms with Crippen LogP contribution in [0, 0.1) is 0 Å². The minimum absolute atomic E-state index is 0.246. The summed E-state index contributed by atoms with van der Waals surface area (Å²) in [5, 5.41) is 7.67. The fourth-order valence-corrected chi connectivity index (χ4v) is 4.59. The molecule has 0 aromatic heterocycles. The molecule has 2 saturated carbocycles. The van der Waals surface area contributed by atoms with E-state index in [1.165, 1.54) is 32.1 Å². The first-order valence-electron chi connectivity index (χ1n) is 8.66. The summed E-state index contributed by atoms with van der Waals surface area (Å²) >= 11 is 1.99. The second-order valence-corrected chi connectivity index (χ2v) is 8.76. The van der Waals surface area contributed by atoms with Crippen LogP contribution >= 0.6 is 11.8 Å². The molecule has 0 bridgehead atoms. The van der Waals surface area contributed by atoms with Crippen LogP contribution < -0.4 is 10.6 Å². The van der Waals surface area contributed by atoms with Gasteiger partial charge in [0, 0.05) is 23.4 Å². The van der Waals surface area contributed by atoms with Crippen molar-refractivity contribution < 1.29 is 9.53 Å². The van der Waals surface area contributed by atoms with E-state index >= 15 is 0 Å². The average Bonchev–Trinajstić information content (AvgIpc) is 2.84. The van der Waals surface area contributed by atoms with E-state index in [0.29, 0.717) is 12.1 Å². The standard InChI is InChI=1S/C17H32N2O2S/c1-17(2,3)21-16(20)19-13-8-5-7-12(11-13)18-14-9-6-10-15(14)22-4/h12-15,18H,5-11H2,1-4H3,(H,19,20). The molecular formula is C17H32N2O2S. The lowest BCUT2D eigenvalue weighted by atomic mass is 9.90. The highest BCUT2D eigenvalue weighted by molar-refractivity contribution is 7.99. The maximum absolute atomic E-state index is 11.9. The molecule has 2 aliphatic carbocycles. The monoisotopic (exact) mass is 328 g/mol. The van der Waals surface area contributed by atoms with Crippen LogP contribution in [0.4, 0.5) is 4.79 Å². The molecule has 1 amide bonds. The minimum atomic E-state index is -0.425. The molecule has 2 fully saturated rings. The second kappa shape index (κ2) is 7.91. The van der Waals surface area contributed by atoms with Crippen LogP contribution in [0.25, 0.3) is 0 Å². The van der Waals surface area contributed by atoms with Gasteiger partial charge in [0.15, 0.2) is 0 Å². The largest absolute Gasteiger partial charge is 0.444 e. The number of carbonyl (C=O) groups excluding carboxylic acids is 1. The second-order valence-electron chi connectivity index (χ2n) is 7.68. The number of carbonyl (C=O) groups is 1. The summed E-state index contributed by atoms with van der Waals surface area (Å²) in [6, 6.07) is 1.43. The highest BCUT2D eigenvalue weighted by Crippen LogP contribution is 2.30. The van der Waals surface area contributed by atoms with Gasteiger partial charge >= 0.3 is 6.09 Å². The van der Waals surface area contributed by atoms with Crippen LogP contribution in [0.2, 0.25) is 0 Å². The number of ether oxygens (including phenoxy) is 1. The van der Waals surface area contributed by atoms with E-state index < -0.39 is 5.60 Å². The molecule has 0 saturated heterocycles. The van der Waals surface area contributed by atoms with Crippen LogP contribution in [0.15, 0.2) is 0 Å². The van der Waals surface area contributed by atoms with Crippen molar-refractivity contribution in [2.24, 2.45) is 0 Å². The van der Waals surface area contributed by atoms with E-state index in [1.54, 1.807) is 0 Å². The van der Waals surface area contributed by atoms with Crippen LogP contribution in [-0.2, 0) is 4.74 Å². The molecule has 2 N–H and O–H groups in total. The zero-order valence-corrected chi connectivity index (χ0v) is 15.3. The third kappa shape index (κ3) is 5.65. The highest BCUT2D eigenvalue weighted by atomic mass is 32.2. The summed E-state index contributed by atoms with van der Waals surface area (Å²) in [5.74, 6) is 0. The Hall–Kier alpha value is -0.420. The van der Waals surface area contributed by atoms with Gasteiger partial charge in [-0.05, 0) is 65.6 Å². The Morgan fingerprint density at radius 3 is 2.45 bits per heavy atom. The number of thioether (sulfide) groups is 1. The predicted octanol–water partition coefficient (Wildman–Crippen LogP) is 3.70. The van der Waals surface area contributed by atoms with E-state index in [-0.39, 0.29) is 12.1 Å². The average molecular weight is 329 g/mol. The molecule has 2 aliphatic rings. The van der Waals surface area contributed by atoms with Crippen molar-refractivity contribution in [3.05, 3.63) is 0 Å². The van der Waals surface area contributed by atoms with Crippen LogP contribution in [-0.4, -0.2) is 41.3 Å². The van der Waals surface area contributed by atoms with Gasteiger partial charge in [-0.15, -0.1) is 0 Å². The lowest BCUT2D eigenvalue weighted by Gasteiger charge is -2.34. The molecule has 0 aromatic carbocycles. The Bertz CT molecular complexity index is 370. The number of nitrogens with one attached hydrogen (secondary N) is 2. The first-order chi connectivity index (χ1) is 10.4. The summed E-state index contributed by atoms with van der Waals surface area (Å²) in [7, 11) is 0. The van der Waals surface area contributed by atoms with Crippen LogP contribution in [0.5, 0.6) is 0 Å². The molecule has 2 rings (SSSR count). The molecule has 0 spiro atoms. The van der Waals surface area contributed by atoms with Crippen molar-refractivity contribution in [1.29, 1.82) is 0 Å². The maximum Gasteiger partial charge on any atom is 0.407 e. The molecule has 0 aromatic rings. The Morgan fingerprint density at radius 1 is 1.09 bits per heavy atom. The Kier molecular flexibility index (Phi) is 6.45. The van der Waals surface area contributed by atoms with E-state index in [4.69, 9.17) is 4.74 Å². The van der Waals surface area contributed by atoms with Crippen molar-refractivity contribution >= 4 is 17.9 Å². The topological polar surface area (TPSA) is 50.4 Å². The summed E-state index contributed by atoms with van der Waals surface area (Å²) in [4.78, 5) is 11.9. The zero-order valence-electron chi connectivity index (χ0n) is 14.5. The molecular weight excluding hydrogens is 296 g/mol. The lowest BCUT2D eigenvalue weighted by molar-refractivity contribution is 0.0488. The number of amides is 1. The minimum Gasteiger partial charge on any atom is -0.444 e. The van der Waals surface area contributed by atoms with Crippen molar-refractivity contribution in [2.45, 2.75) is 94.7 Å². The summed E-state index contributed by atoms with van der Waals surface area (Å²) in [6.07, 6.45) is 10.4. The van der Waals surface area contributed by atoms with Crippen LogP contribution in [0.3, 0.4) is 0 Å². The summed E-state index contributed by atoms with van der Waals surface area (Å²) in [6.45, 7) is 5.71. The molecule has 4 atom stereocenters. The molecule has 22 heavy (non-hydrogen) atoms. The summed E-state index contributed by atoms with van der Waals surface area (Å²) < 4.78 is 5.37. The number of rotatable bonds is 4.